The van der Waals surface area contributed by atoms with E-state index in [2.05, 4.69) is 81.4 Å². The molecule has 1 aliphatic carbocycles. The third-order valence-corrected chi connectivity index (χ3v) is 4.23. The van der Waals surface area contributed by atoms with Gasteiger partial charge in [-0.05, 0) is 38.9 Å². The quantitative estimate of drug-likeness (QED) is 0.359. The van der Waals surface area contributed by atoms with E-state index in [-0.39, 0.29) is 1.43 Å². The molecule has 0 fully saturated rings. The average Bonchev–Trinajstić information content (AvgIpc) is 2.85. The van der Waals surface area contributed by atoms with E-state index in [1.807, 2.05) is 0 Å². The van der Waals surface area contributed by atoms with Crippen LogP contribution >= 0.6 is 0 Å². The molecule has 0 amide bonds. The van der Waals surface area contributed by atoms with Gasteiger partial charge in [0.15, 0.2) is 0 Å². The van der Waals surface area contributed by atoms with E-state index >= 15 is 0 Å². The fourth-order valence-electron chi connectivity index (χ4n) is 2.74. The van der Waals surface area contributed by atoms with Gasteiger partial charge in [0.1, 0.15) is 0 Å². The van der Waals surface area contributed by atoms with Crippen molar-refractivity contribution in [2.75, 3.05) is 0 Å². The van der Waals surface area contributed by atoms with Crippen molar-refractivity contribution in [3.05, 3.63) is 60.7 Å². The molecule has 0 saturated carbocycles. The lowest BCUT2D eigenvalue weighted by Gasteiger charge is -2.00. The van der Waals surface area contributed by atoms with Crippen LogP contribution in [0.4, 0.5) is 0 Å². The molecule has 21 heavy (non-hydrogen) atoms. The summed E-state index contributed by atoms with van der Waals surface area (Å²) in [5.74, 6) is 0.884. The molecule has 1 aliphatic rings. The minimum absolute atomic E-state index is 0. The predicted octanol–water partition coefficient (Wildman–Crippen LogP) is 6.79. The summed E-state index contributed by atoms with van der Waals surface area (Å²) in [6.45, 7) is 6.64. The molecule has 0 aromatic heterocycles. The maximum Gasteiger partial charge on any atom is 0 e. The first-order valence-corrected chi connectivity index (χ1v) is 7.84. The van der Waals surface area contributed by atoms with Crippen molar-refractivity contribution in [2.24, 2.45) is 5.92 Å². The van der Waals surface area contributed by atoms with E-state index in [0.717, 1.165) is 5.92 Å². The van der Waals surface area contributed by atoms with Gasteiger partial charge in [0.2, 0.25) is 0 Å². The molecule has 0 saturated heterocycles. The third-order valence-electron chi connectivity index (χ3n) is 4.23. The van der Waals surface area contributed by atoms with Gasteiger partial charge in [-0.1, -0.05) is 87.9 Å². The molecule has 3 aromatic carbocycles. The number of hydrogen-bond acceptors (Lipinski definition) is 0. The highest BCUT2D eigenvalue weighted by molar-refractivity contribution is 6.15. The first kappa shape index (κ1) is 13.9. The Morgan fingerprint density at radius 2 is 1.14 bits per heavy atom. The van der Waals surface area contributed by atoms with Crippen molar-refractivity contribution in [1.82, 2.24) is 0 Å². The summed E-state index contributed by atoms with van der Waals surface area (Å²) in [4.78, 5) is 0. The molecule has 4 rings (SSSR count). The summed E-state index contributed by atoms with van der Waals surface area (Å²) in [5.41, 5.74) is 5.50. The van der Waals surface area contributed by atoms with Crippen LogP contribution in [0, 0.1) is 5.92 Å². The Morgan fingerprint density at radius 3 is 1.57 bits per heavy atom. The third kappa shape index (κ3) is 2.47. The maximum atomic E-state index is 2.22. The monoisotopic (exact) mass is 276 g/mol. The Morgan fingerprint density at radius 1 is 0.714 bits per heavy atom. The average molecular weight is 276 g/mol. The lowest BCUT2D eigenvalue weighted by atomic mass is 10.0. The highest BCUT2D eigenvalue weighted by Crippen LogP contribution is 2.46. The predicted molar refractivity (Wildman–Crippen MR) is 95.6 cm³/mol. The summed E-state index contributed by atoms with van der Waals surface area (Å²) >= 11 is 0. The Hall–Kier alpha value is -2.08. The summed E-state index contributed by atoms with van der Waals surface area (Å²) in [6.07, 6.45) is 1.31. The number of hydrogen-bond donors (Lipinski definition) is 0. The van der Waals surface area contributed by atoms with Crippen molar-refractivity contribution in [3.63, 3.8) is 0 Å². The lowest BCUT2D eigenvalue weighted by Crippen LogP contribution is -1.77. The molecule has 0 nitrogen and oxygen atoms in total. The van der Waals surface area contributed by atoms with E-state index < -0.39 is 0 Å². The highest BCUT2D eigenvalue weighted by atomic mass is 14.2. The molecule has 0 unspecified atom stereocenters. The summed E-state index contributed by atoms with van der Waals surface area (Å²) in [7, 11) is 0. The zero-order chi connectivity index (χ0) is 14.8. The van der Waals surface area contributed by atoms with Crippen LogP contribution in [0.1, 0.15) is 28.6 Å². The van der Waals surface area contributed by atoms with E-state index in [0.29, 0.717) is 0 Å². The van der Waals surface area contributed by atoms with Gasteiger partial charge in [-0.15, -0.1) is 0 Å². The Labute approximate surface area is 128 Å². The Balaban J connectivity index is 0.000000261. The van der Waals surface area contributed by atoms with Crippen LogP contribution in [-0.4, -0.2) is 0 Å². The Bertz CT molecular complexity index is 714. The number of benzene rings is 3. The fraction of sp³-hybridized carbons (Fsp3) is 0.238. The van der Waals surface area contributed by atoms with Gasteiger partial charge in [0, 0.05) is 1.43 Å². The van der Waals surface area contributed by atoms with Gasteiger partial charge in [0.25, 0.3) is 0 Å². The molecule has 0 spiro atoms. The smallest absolute Gasteiger partial charge is 0 e. The van der Waals surface area contributed by atoms with Crippen molar-refractivity contribution in [3.8, 4) is 22.3 Å². The molecular formula is C21H24. The van der Waals surface area contributed by atoms with Gasteiger partial charge < -0.3 is 0 Å². The van der Waals surface area contributed by atoms with Gasteiger partial charge in [-0.3, -0.25) is 0 Å². The molecular weight excluding hydrogens is 252 g/mol. The zero-order valence-electron chi connectivity index (χ0n) is 13.1. The van der Waals surface area contributed by atoms with Crippen LogP contribution in [0.2, 0.25) is 0 Å². The van der Waals surface area contributed by atoms with Gasteiger partial charge >= 0.3 is 0 Å². The van der Waals surface area contributed by atoms with E-state index in [4.69, 9.17) is 0 Å². The standard InChI is InChI=1S/C16H10.C5H12.H2/c1-2-8-13-12(7-1)14-9-3-5-11-6-4-10-15(13)16(11)14;1-4-5(2)3;/h1-10H;5H,4H2,1-3H3;1H. The van der Waals surface area contributed by atoms with Crippen LogP contribution in [-0.2, 0) is 0 Å². The summed E-state index contributed by atoms with van der Waals surface area (Å²) in [5, 5.41) is 2.75. The van der Waals surface area contributed by atoms with Gasteiger partial charge in [-0.2, -0.15) is 0 Å². The molecule has 0 aliphatic heterocycles. The zero-order valence-corrected chi connectivity index (χ0v) is 13.1. The van der Waals surface area contributed by atoms with Gasteiger partial charge in [-0.25, -0.2) is 0 Å². The van der Waals surface area contributed by atoms with E-state index in [9.17, 15) is 0 Å². The summed E-state index contributed by atoms with van der Waals surface area (Å²) in [6, 6.07) is 21.8. The highest BCUT2D eigenvalue weighted by Gasteiger charge is 2.19. The normalized spacial score (nSPS) is 11.2. The first-order valence-electron chi connectivity index (χ1n) is 7.84. The number of fused-ring (bicyclic) bond motifs is 3. The molecule has 0 atom stereocenters. The molecule has 0 N–H and O–H groups in total. The van der Waals surface area contributed by atoms with Crippen molar-refractivity contribution >= 4 is 10.8 Å². The fourth-order valence-corrected chi connectivity index (χ4v) is 2.74. The largest absolute Gasteiger partial charge is 0.0651 e. The van der Waals surface area contributed by atoms with Crippen LogP contribution in [0.5, 0.6) is 0 Å². The van der Waals surface area contributed by atoms with Crippen LogP contribution in [0.25, 0.3) is 33.0 Å². The molecule has 108 valence electrons. The van der Waals surface area contributed by atoms with E-state index in [1.54, 1.807) is 0 Å². The second-order valence-electron chi connectivity index (χ2n) is 6.06. The lowest BCUT2D eigenvalue weighted by molar-refractivity contribution is 0.626. The van der Waals surface area contributed by atoms with E-state index in [1.165, 1.54) is 39.4 Å². The van der Waals surface area contributed by atoms with Crippen LogP contribution in [0.3, 0.4) is 0 Å². The van der Waals surface area contributed by atoms with Gasteiger partial charge in [0.05, 0.1) is 0 Å². The van der Waals surface area contributed by atoms with Crippen molar-refractivity contribution < 1.29 is 1.43 Å². The molecule has 3 aromatic rings. The Kier molecular flexibility index (Phi) is 3.79. The minimum atomic E-state index is 0. The second-order valence-corrected chi connectivity index (χ2v) is 6.06. The van der Waals surface area contributed by atoms with Crippen molar-refractivity contribution in [2.45, 2.75) is 27.2 Å². The summed E-state index contributed by atoms with van der Waals surface area (Å²) < 4.78 is 0. The molecule has 0 radical (unpaired) electrons. The van der Waals surface area contributed by atoms with Crippen molar-refractivity contribution in [1.29, 1.82) is 0 Å². The molecule has 0 heterocycles. The molecule has 0 heteroatoms. The maximum absolute atomic E-state index is 2.22. The van der Waals surface area contributed by atoms with Crippen LogP contribution < -0.4 is 0 Å². The minimum Gasteiger partial charge on any atom is -0.0651 e. The molecule has 0 bridgehead atoms. The topological polar surface area (TPSA) is 0 Å². The first-order chi connectivity index (χ1) is 10.2. The number of rotatable bonds is 1. The van der Waals surface area contributed by atoms with Crippen LogP contribution in [0.15, 0.2) is 60.7 Å². The SMILES string of the molecule is CCC(C)C.[HH].c1ccc2c(c1)-c1cccc3cccc-2c13. The second kappa shape index (κ2) is 5.73.